The highest BCUT2D eigenvalue weighted by Gasteiger charge is 2.18. The molecule has 1 amide bonds. The summed E-state index contributed by atoms with van der Waals surface area (Å²) in [6.45, 7) is 6.35. The summed E-state index contributed by atoms with van der Waals surface area (Å²) in [5, 5.41) is 3.85. The quantitative estimate of drug-likeness (QED) is 0.416. The maximum Gasteiger partial charge on any atom is 0.256 e. The number of amides is 1. The van der Waals surface area contributed by atoms with E-state index in [0.717, 1.165) is 40.9 Å². The Morgan fingerprint density at radius 3 is 2.48 bits per heavy atom. The van der Waals surface area contributed by atoms with Crippen LogP contribution in [0.5, 0.6) is 11.5 Å². The molecule has 6 nitrogen and oxygen atoms in total. The van der Waals surface area contributed by atoms with Crippen LogP contribution in [0.2, 0.25) is 0 Å². The van der Waals surface area contributed by atoms with E-state index in [2.05, 4.69) is 24.1 Å². The Morgan fingerprint density at radius 1 is 0.939 bits per heavy atom. The van der Waals surface area contributed by atoms with Gasteiger partial charge in [0.2, 0.25) is 6.79 Å². The highest BCUT2D eigenvalue weighted by Crippen LogP contribution is 2.36. The van der Waals surface area contributed by atoms with Crippen LogP contribution in [0.15, 0.2) is 72.8 Å². The molecule has 0 saturated heterocycles. The van der Waals surface area contributed by atoms with Crippen molar-refractivity contribution in [3.8, 4) is 22.8 Å². The number of aromatic nitrogens is 1. The molecule has 0 fully saturated rings. The average molecular weight is 440 g/mol. The van der Waals surface area contributed by atoms with Gasteiger partial charge in [0.15, 0.2) is 11.5 Å². The van der Waals surface area contributed by atoms with Crippen LogP contribution in [-0.2, 0) is 0 Å². The summed E-state index contributed by atoms with van der Waals surface area (Å²) in [5.41, 5.74) is 4.78. The number of nitrogens with zero attached hydrogens (tertiary/aromatic N) is 2. The number of benzene rings is 3. The van der Waals surface area contributed by atoms with Crippen LogP contribution in [0.4, 0.5) is 11.4 Å². The second-order valence-electron chi connectivity index (χ2n) is 7.81. The maximum absolute atomic E-state index is 13.3. The van der Waals surface area contributed by atoms with Gasteiger partial charge in [-0.3, -0.25) is 4.79 Å². The van der Waals surface area contributed by atoms with Gasteiger partial charge in [-0.05, 0) is 68.4 Å². The van der Waals surface area contributed by atoms with Crippen LogP contribution in [-0.4, -0.2) is 30.8 Å². The van der Waals surface area contributed by atoms with Gasteiger partial charge in [-0.2, -0.15) is 0 Å². The van der Waals surface area contributed by atoms with E-state index in [0.29, 0.717) is 22.8 Å². The number of pyridine rings is 1. The van der Waals surface area contributed by atoms with Crippen LogP contribution >= 0.6 is 0 Å². The monoisotopic (exact) mass is 439 g/mol. The number of fused-ring (bicyclic) bond motifs is 2. The van der Waals surface area contributed by atoms with E-state index in [1.807, 2.05) is 72.8 Å². The third-order valence-corrected chi connectivity index (χ3v) is 5.88. The Morgan fingerprint density at radius 2 is 1.70 bits per heavy atom. The van der Waals surface area contributed by atoms with Crippen molar-refractivity contribution in [3.05, 3.63) is 78.4 Å². The first-order chi connectivity index (χ1) is 16.2. The van der Waals surface area contributed by atoms with Gasteiger partial charge in [-0.25, -0.2) is 4.98 Å². The summed E-state index contributed by atoms with van der Waals surface area (Å²) in [6, 6.07) is 23.1. The normalized spacial score (nSPS) is 12.1. The van der Waals surface area contributed by atoms with E-state index < -0.39 is 0 Å². The highest BCUT2D eigenvalue weighted by molar-refractivity contribution is 6.13. The van der Waals surface area contributed by atoms with Crippen molar-refractivity contribution in [2.24, 2.45) is 0 Å². The lowest BCUT2D eigenvalue weighted by molar-refractivity contribution is 0.102. The van der Waals surface area contributed by atoms with Crippen LogP contribution in [0, 0.1) is 0 Å². The minimum Gasteiger partial charge on any atom is -0.454 e. The average Bonchev–Trinajstić information content (AvgIpc) is 3.33. The summed E-state index contributed by atoms with van der Waals surface area (Å²) >= 11 is 0. The number of carbonyl (C=O) groups excluding carboxylic acids is 1. The molecule has 6 heteroatoms. The first-order valence-corrected chi connectivity index (χ1v) is 11.1. The van der Waals surface area contributed by atoms with Gasteiger partial charge in [-0.1, -0.05) is 18.2 Å². The van der Waals surface area contributed by atoms with Gasteiger partial charge in [-0.15, -0.1) is 0 Å². The molecule has 1 aliphatic heterocycles. The molecule has 166 valence electrons. The molecule has 0 aliphatic carbocycles. The van der Waals surface area contributed by atoms with E-state index in [-0.39, 0.29) is 12.7 Å². The summed E-state index contributed by atoms with van der Waals surface area (Å²) < 4.78 is 10.9. The molecule has 0 spiro atoms. The predicted octanol–water partition coefficient (Wildman–Crippen LogP) is 5.73. The SMILES string of the molecule is CCN(CC)c1ccc(NC(=O)c2cc(-c3ccc4c(c3)OCO4)nc3ccccc23)cc1. The number of hydrogen-bond donors (Lipinski definition) is 1. The smallest absolute Gasteiger partial charge is 0.256 e. The van der Waals surface area contributed by atoms with Crippen molar-refractivity contribution in [1.82, 2.24) is 4.98 Å². The zero-order chi connectivity index (χ0) is 22.8. The molecule has 1 aliphatic rings. The highest BCUT2D eigenvalue weighted by atomic mass is 16.7. The van der Waals surface area contributed by atoms with Crippen LogP contribution in [0.25, 0.3) is 22.2 Å². The molecule has 1 aromatic heterocycles. The number of anilines is 2. The maximum atomic E-state index is 13.3. The van der Waals surface area contributed by atoms with Crippen molar-refractivity contribution >= 4 is 28.2 Å². The first kappa shape index (κ1) is 20.8. The van der Waals surface area contributed by atoms with Crippen LogP contribution in [0.3, 0.4) is 0 Å². The van der Waals surface area contributed by atoms with Gasteiger partial charge < -0.3 is 19.7 Å². The topological polar surface area (TPSA) is 63.7 Å². The number of hydrogen-bond acceptors (Lipinski definition) is 5. The minimum atomic E-state index is -0.175. The molecule has 5 rings (SSSR count). The van der Waals surface area contributed by atoms with E-state index in [1.54, 1.807) is 0 Å². The zero-order valence-corrected chi connectivity index (χ0v) is 18.7. The Bertz CT molecular complexity index is 1310. The van der Waals surface area contributed by atoms with Crippen molar-refractivity contribution in [2.45, 2.75) is 13.8 Å². The standard InChI is InChI=1S/C27H25N3O3/c1-3-30(4-2)20-12-10-19(11-13-20)28-27(31)22-16-24(29-23-8-6-5-7-21(22)23)18-9-14-25-26(15-18)33-17-32-25/h5-16H,3-4,17H2,1-2H3,(H,28,31). The Labute approximate surface area is 192 Å². The third kappa shape index (κ3) is 4.07. The fourth-order valence-electron chi connectivity index (χ4n) is 4.11. The number of ether oxygens (including phenoxy) is 2. The lowest BCUT2D eigenvalue weighted by atomic mass is 10.0. The van der Waals surface area contributed by atoms with E-state index in [4.69, 9.17) is 14.5 Å². The fraction of sp³-hybridized carbons (Fsp3) is 0.185. The molecule has 3 aromatic carbocycles. The summed E-state index contributed by atoms with van der Waals surface area (Å²) in [5.74, 6) is 1.22. The Balaban J connectivity index is 1.49. The zero-order valence-electron chi connectivity index (χ0n) is 18.7. The first-order valence-electron chi connectivity index (χ1n) is 11.1. The number of rotatable bonds is 6. The van der Waals surface area contributed by atoms with Gasteiger partial charge in [0.1, 0.15) is 0 Å². The second kappa shape index (κ2) is 8.82. The predicted molar refractivity (Wildman–Crippen MR) is 131 cm³/mol. The minimum absolute atomic E-state index is 0.175. The summed E-state index contributed by atoms with van der Waals surface area (Å²) in [6.07, 6.45) is 0. The summed E-state index contributed by atoms with van der Waals surface area (Å²) in [4.78, 5) is 20.4. The molecule has 4 aromatic rings. The lowest BCUT2D eigenvalue weighted by Crippen LogP contribution is -2.21. The van der Waals surface area contributed by atoms with Crippen LogP contribution < -0.4 is 19.7 Å². The lowest BCUT2D eigenvalue weighted by Gasteiger charge is -2.21. The molecule has 0 bridgehead atoms. The molecule has 0 atom stereocenters. The Kier molecular flexibility index (Phi) is 5.57. The molecule has 33 heavy (non-hydrogen) atoms. The van der Waals surface area contributed by atoms with E-state index in [1.165, 1.54) is 0 Å². The molecule has 1 N–H and O–H groups in total. The molecule has 2 heterocycles. The fourth-order valence-corrected chi connectivity index (χ4v) is 4.11. The number of para-hydroxylation sites is 1. The van der Waals surface area contributed by atoms with Gasteiger partial charge >= 0.3 is 0 Å². The van der Waals surface area contributed by atoms with Gasteiger partial charge in [0.25, 0.3) is 5.91 Å². The molecule has 0 radical (unpaired) electrons. The van der Waals surface area contributed by atoms with Crippen LogP contribution in [0.1, 0.15) is 24.2 Å². The van der Waals surface area contributed by atoms with Crippen molar-refractivity contribution in [2.75, 3.05) is 30.1 Å². The van der Waals surface area contributed by atoms with Gasteiger partial charge in [0, 0.05) is 35.4 Å². The largest absolute Gasteiger partial charge is 0.454 e. The third-order valence-electron chi connectivity index (χ3n) is 5.88. The van der Waals surface area contributed by atoms with Crippen molar-refractivity contribution in [3.63, 3.8) is 0 Å². The Hall–Kier alpha value is -4.06. The van der Waals surface area contributed by atoms with E-state index in [9.17, 15) is 4.79 Å². The molecule has 0 unspecified atom stereocenters. The van der Waals surface area contributed by atoms with E-state index >= 15 is 0 Å². The second-order valence-corrected chi connectivity index (χ2v) is 7.81. The van der Waals surface area contributed by atoms with Crippen molar-refractivity contribution in [1.29, 1.82) is 0 Å². The molecule has 0 saturated carbocycles. The molecular formula is C27H25N3O3. The van der Waals surface area contributed by atoms with Gasteiger partial charge in [0.05, 0.1) is 16.8 Å². The van der Waals surface area contributed by atoms with Crippen molar-refractivity contribution < 1.29 is 14.3 Å². The number of carbonyl (C=O) groups is 1. The summed E-state index contributed by atoms with van der Waals surface area (Å²) in [7, 11) is 0. The molecular weight excluding hydrogens is 414 g/mol. The number of nitrogens with one attached hydrogen (secondary N) is 1.